The van der Waals surface area contributed by atoms with Crippen LogP contribution in [0.15, 0.2) is 273 Å². The lowest BCUT2D eigenvalue weighted by atomic mass is 9.92. The molecule has 0 unspecified atom stereocenters. The molecule has 0 saturated carbocycles. The summed E-state index contributed by atoms with van der Waals surface area (Å²) < 4.78 is 0. The van der Waals surface area contributed by atoms with Crippen molar-refractivity contribution in [1.82, 2.24) is 0 Å². The molecule has 0 N–H and O–H groups in total. The minimum Gasteiger partial charge on any atom is -0.0683 e. The van der Waals surface area contributed by atoms with E-state index >= 15 is 0 Å². The average molecular weight is 1330 g/mol. The third-order valence-corrected chi connectivity index (χ3v) is 16.9. The highest BCUT2D eigenvalue weighted by Gasteiger charge is 2.12. The van der Waals surface area contributed by atoms with E-state index in [9.17, 15) is 0 Å². The Balaban J connectivity index is 0.000000252. The number of fused-ring (bicyclic) bond motifs is 6. The SMILES string of the molecule is CC.CC.CC.CC.CC.CC.CC.CC.CC.CC.Cc1cc2ccc3cccc4ccc(c1)c2c34.Cc1cc2cccc3ccc4cccc1c4c32.Cc1ccc2c(ccc3ccccc32)c1.Cc1ccc2ccc3cccc4ccc1c2c34.Cc1ccc2ccc3ccccc3c2c1. The minimum absolute atomic E-state index is 1.31. The Kier molecular flexibility index (Phi) is 36.1. The molecule has 0 aliphatic heterocycles. The van der Waals surface area contributed by atoms with Crippen molar-refractivity contribution >= 4 is 140 Å². The average Bonchev–Trinajstić information content (AvgIpc) is 0.756. The van der Waals surface area contributed by atoms with E-state index in [1.807, 2.05) is 138 Å². The van der Waals surface area contributed by atoms with Crippen LogP contribution in [0.25, 0.3) is 140 Å². The fraction of sp³-hybridized carbons (Fsp3) is 0.248. The van der Waals surface area contributed by atoms with E-state index in [0.717, 1.165) is 0 Å². The second-order valence-electron chi connectivity index (χ2n) is 22.3. The summed E-state index contributed by atoms with van der Waals surface area (Å²) in [5.74, 6) is 0. The van der Waals surface area contributed by atoms with E-state index in [1.54, 1.807) is 0 Å². The molecule has 0 aliphatic rings. The van der Waals surface area contributed by atoms with Crippen LogP contribution >= 0.6 is 0 Å². The molecular formula is C101H120. The van der Waals surface area contributed by atoms with Gasteiger partial charge in [-0.15, -0.1) is 0 Å². The summed E-state index contributed by atoms with van der Waals surface area (Å²) in [6, 6.07) is 98.8. The number of benzene rings is 18. The monoisotopic (exact) mass is 1330 g/mol. The summed E-state index contributed by atoms with van der Waals surface area (Å²) in [6.07, 6.45) is 0. The molecule has 0 aliphatic carbocycles. The van der Waals surface area contributed by atoms with E-state index < -0.39 is 0 Å². The normalized spacial score (nSPS) is 9.83. The van der Waals surface area contributed by atoms with Gasteiger partial charge in [-0.05, 0) is 191 Å². The Morgan fingerprint density at radius 3 is 0.851 bits per heavy atom. The lowest BCUT2D eigenvalue weighted by molar-refractivity contribution is 1.50. The van der Waals surface area contributed by atoms with Crippen LogP contribution in [0, 0.1) is 34.6 Å². The Morgan fingerprint density at radius 2 is 0.366 bits per heavy atom. The van der Waals surface area contributed by atoms with Gasteiger partial charge < -0.3 is 0 Å². The molecule has 0 heteroatoms. The van der Waals surface area contributed by atoms with Crippen LogP contribution < -0.4 is 0 Å². The molecule has 524 valence electrons. The quantitative estimate of drug-likeness (QED) is 0.133. The smallest absolute Gasteiger partial charge is 0.00241 e. The first kappa shape index (κ1) is 83.5. The predicted molar refractivity (Wildman–Crippen MR) is 471 cm³/mol. The van der Waals surface area contributed by atoms with E-state index in [-0.39, 0.29) is 0 Å². The molecule has 0 spiro atoms. The Labute approximate surface area is 610 Å². The van der Waals surface area contributed by atoms with Gasteiger partial charge in [-0.1, -0.05) is 423 Å². The topological polar surface area (TPSA) is 0 Å². The maximum atomic E-state index is 2.30. The van der Waals surface area contributed by atoms with Crippen molar-refractivity contribution in [2.75, 3.05) is 0 Å². The Morgan fingerprint density at radius 1 is 0.129 bits per heavy atom. The summed E-state index contributed by atoms with van der Waals surface area (Å²) in [6.45, 7) is 50.8. The van der Waals surface area contributed by atoms with Crippen molar-refractivity contribution in [3.63, 3.8) is 0 Å². The number of hydrogen-bond donors (Lipinski definition) is 0. The van der Waals surface area contributed by atoms with Crippen molar-refractivity contribution in [2.24, 2.45) is 0 Å². The van der Waals surface area contributed by atoms with Gasteiger partial charge in [0, 0.05) is 0 Å². The molecule has 0 heterocycles. The summed E-state index contributed by atoms with van der Waals surface area (Å²) in [5.41, 5.74) is 6.69. The molecule has 18 aromatic rings. The third kappa shape index (κ3) is 19.4. The highest BCUT2D eigenvalue weighted by molar-refractivity contribution is 6.26. The third-order valence-electron chi connectivity index (χ3n) is 16.9. The summed E-state index contributed by atoms with van der Waals surface area (Å²) >= 11 is 0. The Bertz CT molecular complexity index is 5210. The summed E-state index contributed by atoms with van der Waals surface area (Å²) in [5, 5.41) is 35.3. The van der Waals surface area contributed by atoms with Crippen LogP contribution in [0.1, 0.15) is 166 Å². The maximum Gasteiger partial charge on any atom is -0.00241 e. The lowest BCUT2D eigenvalue weighted by Gasteiger charge is -2.12. The molecule has 0 aromatic heterocycles. The van der Waals surface area contributed by atoms with Gasteiger partial charge in [-0.2, -0.15) is 0 Å². The Hall–Kier alpha value is -9.88. The summed E-state index contributed by atoms with van der Waals surface area (Å²) in [4.78, 5) is 0. The van der Waals surface area contributed by atoms with E-state index in [2.05, 4.69) is 308 Å². The lowest BCUT2D eigenvalue weighted by Crippen LogP contribution is -1.85. The number of aryl methyl sites for hydroxylation is 5. The zero-order chi connectivity index (χ0) is 74.7. The van der Waals surface area contributed by atoms with Gasteiger partial charge in [-0.3, -0.25) is 0 Å². The molecule has 0 radical (unpaired) electrons. The fourth-order valence-corrected chi connectivity index (χ4v) is 13.0. The predicted octanol–water partition coefficient (Wildman–Crippen LogP) is 33.5. The van der Waals surface area contributed by atoms with E-state index in [4.69, 9.17) is 0 Å². The van der Waals surface area contributed by atoms with Crippen LogP contribution in [0.2, 0.25) is 0 Å². The van der Waals surface area contributed by atoms with E-state index in [0.29, 0.717) is 0 Å². The second-order valence-corrected chi connectivity index (χ2v) is 22.3. The van der Waals surface area contributed by atoms with Gasteiger partial charge in [0.25, 0.3) is 0 Å². The molecule has 0 bridgehead atoms. The van der Waals surface area contributed by atoms with Crippen molar-refractivity contribution < 1.29 is 0 Å². The highest BCUT2D eigenvalue weighted by Crippen LogP contribution is 2.39. The molecule has 0 amide bonds. The fourth-order valence-electron chi connectivity index (χ4n) is 13.0. The van der Waals surface area contributed by atoms with E-state index in [1.165, 1.54) is 168 Å². The van der Waals surface area contributed by atoms with Crippen LogP contribution in [0.3, 0.4) is 0 Å². The zero-order valence-corrected chi connectivity index (χ0v) is 66.5. The first-order chi connectivity index (χ1) is 49.7. The van der Waals surface area contributed by atoms with Crippen LogP contribution in [0.4, 0.5) is 0 Å². The molecule has 0 nitrogen and oxygen atoms in total. The van der Waals surface area contributed by atoms with Gasteiger partial charge in [-0.25, -0.2) is 0 Å². The van der Waals surface area contributed by atoms with Gasteiger partial charge in [0.1, 0.15) is 0 Å². The van der Waals surface area contributed by atoms with Crippen molar-refractivity contribution in [1.29, 1.82) is 0 Å². The largest absolute Gasteiger partial charge is 0.0683 e. The molecule has 0 atom stereocenters. The van der Waals surface area contributed by atoms with Gasteiger partial charge in [0.2, 0.25) is 0 Å². The number of rotatable bonds is 0. The molecule has 101 heavy (non-hydrogen) atoms. The van der Waals surface area contributed by atoms with Crippen molar-refractivity contribution in [3.8, 4) is 0 Å². The van der Waals surface area contributed by atoms with Crippen LogP contribution in [-0.2, 0) is 0 Å². The number of hydrogen-bond acceptors (Lipinski definition) is 0. The molecule has 0 saturated heterocycles. The molecule has 18 rings (SSSR count). The second kappa shape index (κ2) is 43.6. The first-order valence-corrected chi connectivity index (χ1v) is 38.4. The van der Waals surface area contributed by atoms with Crippen LogP contribution in [-0.4, -0.2) is 0 Å². The molecular weight excluding hydrogens is 1210 g/mol. The van der Waals surface area contributed by atoms with Gasteiger partial charge in [0.05, 0.1) is 0 Å². The van der Waals surface area contributed by atoms with Gasteiger partial charge in [0.15, 0.2) is 0 Å². The first-order valence-electron chi connectivity index (χ1n) is 38.4. The standard InChI is InChI=1S/3C17H12.2C15H12.10C2H6/c1-11-10-14-6-2-4-12-8-9-13-5-3-7-15(11)17(13)16(12)14;1-11-9-14-7-5-12-3-2-4-13-6-8-15(10-11)17(14)16(12)13;1-11-5-6-14-8-7-12-3-2-4-13-9-10-15(11)17(14)16(12)13;1-11-6-9-15-13(10-11)8-7-12-4-2-3-5-14(12)15;1-11-6-7-13-9-8-12-4-2-3-5-14(12)15(13)10-11;10*1-2/h3*2-10H,1H3;2*2-10H,1H3;10*1-2H3. The van der Waals surface area contributed by atoms with Crippen molar-refractivity contribution in [3.05, 3.63) is 301 Å². The molecule has 18 aromatic carbocycles. The maximum absolute atomic E-state index is 2.30. The summed E-state index contributed by atoms with van der Waals surface area (Å²) in [7, 11) is 0. The molecule has 0 fully saturated rings. The van der Waals surface area contributed by atoms with Crippen molar-refractivity contribution in [2.45, 2.75) is 173 Å². The minimum atomic E-state index is 1.31. The van der Waals surface area contributed by atoms with Crippen LogP contribution in [0.5, 0.6) is 0 Å². The highest BCUT2D eigenvalue weighted by atomic mass is 14.2. The zero-order valence-electron chi connectivity index (χ0n) is 66.5. The van der Waals surface area contributed by atoms with Gasteiger partial charge >= 0.3 is 0 Å².